The van der Waals surface area contributed by atoms with Crippen LogP contribution < -0.4 is 29.1 Å². The molecule has 1 aromatic carbocycles. The molecule has 24 heteroatoms. The molecule has 0 spiro atoms. The van der Waals surface area contributed by atoms with Crippen molar-refractivity contribution in [2.24, 2.45) is 14.1 Å². The van der Waals surface area contributed by atoms with Gasteiger partial charge in [-0.3, -0.25) is 19.6 Å². The third-order valence-corrected chi connectivity index (χ3v) is 10.2. The van der Waals surface area contributed by atoms with Crippen molar-refractivity contribution in [3.63, 3.8) is 0 Å². The molecule has 0 unspecified atom stereocenters. The lowest BCUT2D eigenvalue weighted by molar-refractivity contribution is -0.146. The zero-order chi connectivity index (χ0) is 42.1. The number of benzene rings is 1. The van der Waals surface area contributed by atoms with Gasteiger partial charge in [0.25, 0.3) is 21.8 Å². The summed E-state index contributed by atoms with van der Waals surface area (Å²) in [5.74, 6) is -2.38. The number of unbranched alkanes of at least 4 members (excludes halogenated alkanes) is 2. The Hall–Kier alpha value is -6.23. The van der Waals surface area contributed by atoms with Crippen LogP contribution in [0.3, 0.4) is 0 Å². The number of hydrogen-bond donors (Lipinski definition) is 2. The zero-order valence-corrected chi connectivity index (χ0v) is 33.5. The van der Waals surface area contributed by atoms with Crippen molar-refractivity contribution in [1.82, 2.24) is 44.7 Å². The number of methoxy groups -OCH3 is 2. The molecule has 58 heavy (non-hydrogen) atoms. The van der Waals surface area contributed by atoms with Crippen LogP contribution in [0.4, 0.5) is 20.8 Å². The van der Waals surface area contributed by atoms with Gasteiger partial charge in [-0.1, -0.05) is 31.4 Å². The highest BCUT2D eigenvalue weighted by atomic mass is 35.5. The van der Waals surface area contributed by atoms with Gasteiger partial charge >= 0.3 is 12.0 Å². The Morgan fingerprint density at radius 2 is 1.64 bits per heavy atom. The van der Waals surface area contributed by atoms with Crippen molar-refractivity contribution >= 4 is 57.1 Å². The molecule has 3 aromatic heterocycles. The van der Waals surface area contributed by atoms with Crippen molar-refractivity contribution in [3.05, 3.63) is 46.4 Å². The standard InChI is InChI=1S/C21H23ClFNO5.C13H16N10O5S/c1-2-3-6-9-28-19(25)12-29-18-11-17(16(23)10-15(18)22)24-20(26)13-7-4-5-8-14(13)21(24)27;1-22-11(7(6-14-22)10-18-21-23(2)19-10)29(25,26)20-13(24)17-12-15-8(27-3)5-9(16-12)28-4/h10-11H,2-9,12H2,1H3;5-6H,1-4H3,(H2,15,16,17,20,24). The number of aromatic nitrogens is 8. The van der Waals surface area contributed by atoms with E-state index in [0.29, 0.717) is 30.6 Å². The smallest absolute Gasteiger partial charge is 0.344 e. The van der Waals surface area contributed by atoms with Gasteiger partial charge in [0.05, 0.1) is 56.4 Å². The molecule has 310 valence electrons. The Labute approximate surface area is 335 Å². The Kier molecular flexibility index (Phi) is 13.9. The fraction of sp³-hybridized carbons (Fsp3) is 0.412. The largest absolute Gasteiger partial charge is 0.481 e. The number of hydrogen-bond acceptors (Lipinski definition) is 16. The quantitative estimate of drug-likeness (QED) is 0.105. The number of tetrazole rings is 1. The summed E-state index contributed by atoms with van der Waals surface area (Å²) < 4.78 is 63.3. The van der Waals surface area contributed by atoms with Gasteiger partial charge in [0.2, 0.25) is 23.5 Å². The molecule has 0 radical (unpaired) electrons. The lowest BCUT2D eigenvalue weighted by atomic mass is 9.93. The molecule has 21 nitrogen and oxygen atoms in total. The second-order valence-electron chi connectivity index (χ2n) is 12.5. The van der Waals surface area contributed by atoms with Crippen LogP contribution in [0.1, 0.15) is 51.9 Å². The Morgan fingerprint density at radius 3 is 2.22 bits per heavy atom. The van der Waals surface area contributed by atoms with Crippen LogP contribution in [0.2, 0.25) is 5.02 Å². The minimum absolute atomic E-state index is 0.000883. The Morgan fingerprint density at radius 1 is 0.983 bits per heavy atom. The molecule has 0 saturated heterocycles. The van der Waals surface area contributed by atoms with E-state index >= 15 is 0 Å². The molecule has 0 fully saturated rings. The monoisotopic (exact) mass is 847 g/mol. The number of imide groups is 1. The SMILES string of the molecule is CCCCCOC(=O)COc1cc(N2C(=O)C3=C(CCCC3)C2=O)c(F)cc1Cl.COc1cc(OC)nc(NC(=O)NS(=O)(=O)c2c(-c3nnn(C)n3)cnn2C)n1. The number of sulfonamides is 1. The van der Waals surface area contributed by atoms with E-state index in [1.54, 1.807) is 0 Å². The van der Waals surface area contributed by atoms with E-state index in [1.807, 2.05) is 11.6 Å². The summed E-state index contributed by atoms with van der Waals surface area (Å²) in [6.07, 6.45) is 6.65. The molecular formula is C34H39ClFN11O10S. The summed E-state index contributed by atoms with van der Waals surface area (Å²) >= 11 is 6.02. The molecule has 0 bridgehead atoms. The fourth-order valence-electron chi connectivity index (χ4n) is 5.73. The fourth-order valence-corrected chi connectivity index (χ4v) is 7.16. The number of nitrogens with one attached hydrogen (secondary N) is 2. The number of aryl methyl sites for hydroxylation is 2. The van der Waals surface area contributed by atoms with Crippen LogP contribution in [-0.2, 0) is 43.2 Å². The number of halogens is 2. The average Bonchev–Trinajstić information content (AvgIpc) is 3.88. The van der Waals surface area contributed by atoms with Gasteiger partial charge in [-0.2, -0.15) is 28.3 Å². The third kappa shape index (κ3) is 10.0. The first-order valence-electron chi connectivity index (χ1n) is 17.6. The molecule has 2 N–H and O–H groups in total. The highest BCUT2D eigenvalue weighted by Crippen LogP contribution is 2.39. The maximum atomic E-state index is 14.5. The van der Waals surface area contributed by atoms with Crippen LogP contribution in [-0.4, -0.2) is 99.6 Å². The van der Waals surface area contributed by atoms with E-state index in [4.69, 9.17) is 30.5 Å². The van der Waals surface area contributed by atoms with Gasteiger partial charge in [0.15, 0.2) is 11.6 Å². The van der Waals surface area contributed by atoms with Crippen molar-refractivity contribution < 1.29 is 50.9 Å². The normalized spacial score (nSPS) is 13.7. The predicted octanol–water partition coefficient (Wildman–Crippen LogP) is 3.26. The number of esters is 1. The minimum atomic E-state index is -4.36. The van der Waals surface area contributed by atoms with Gasteiger partial charge in [0, 0.05) is 24.3 Å². The number of carbonyl (C=O) groups excluding carboxylic acids is 4. The number of anilines is 2. The Bertz CT molecular complexity index is 2300. The summed E-state index contributed by atoms with van der Waals surface area (Å²) in [6.45, 7) is 1.93. The first kappa shape index (κ1) is 42.9. The zero-order valence-electron chi connectivity index (χ0n) is 31.9. The minimum Gasteiger partial charge on any atom is -0.481 e. The van der Waals surface area contributed by atoms with E-state index in [9.17, 15) is 32.0 Å². The third-order valence-electron chi connectivity index (χ3n) is 8.43. The van der Waals surface area contributed by atoms with Gasteiger partial charge in [-0.15, -0.1) is 10.2 Å². The second-order valence-corrected chi connectivity index (χ2v) is 14.5. The number of rotatable bonds is 14. The summed E-state index contributed by atoms with van der Waals surface area (Å²) in [7, 11) is 1.27. The lowest BCUT2D eigenvalue weighted by Crippen LogP contribution is -2.36. The van der Waals surface area contributed by atoms with Gasteiger partial charge in [-0.25, -0.2) is 23.6 Å². The topological polar surface area (TPSA) is 254 Å². The van der Waals surface area contributed by atoms with Gasteiger partial charge in [-0.05, 0) is 43.4 Å². The number of amides is 4. The van der Waals surface area contributed by atoms with Crippen molar-refractivity contribution in [1.29, 1.82) is 0 Å². The average molecular weight is 848 g/mol. The van der Waals surface area contributed by atoms with E-state index < -0.39 is 46.3 Å². The van der Waals surface area contributed by atoms with Crippen molar-refractivity contribution in [2.45, 2.75) is 56.9 Å². The maximum absolute atomic E-state index is 14.5. The first-order chi connectivity index (χ1) is 27.7. The van der Waals surface area contributed by atoms with Crippen molar-refractivity contribution in [3.8, 4) is 28.9 Å². The van der Waals surface area contributed by atoms with E-state index in [1.165, 1.54) is 46.6 Å². The Balaban J connectivity index is 0.000000221. The summed E-state index contributed by atoms with van der Waals surface area (Å²) in [5.41, 5.74) is 0.743. The highest BCUT2D eigenvalue weighted by Gasteiger charge is 2.41. The van der Waals surface area contributed by atoms with Crippen molar-refractivity contribution in [2.75, 3.05) is 37.7 Å². The molecule has 0 atom stereocenters. The number of ether oxygens (including phenoxy) is 4. The van der Waals surface area contributed by atoms with Gasteiger partial charge in [0.1, 0.15) is 11.6 Å². The van der Waals surface area contributed by atoms with Crippen LogP contribution in [0.15, 0.2) is 40.6 Å². The maximum Gasteiger partial charge on any atom is 0.344 e. The molecule has 4 amide bonds. The predicted molar refractivity (Wildman–Crippen MR) is 201 cm³/mol. The molecule has 2 aliphatic rings. The van der Waals surface area contributed by atoms with Crippen LogP contribution in [0.25, 0.3) is 11.4 Å². The number of nitrogens with zero attached hydrogens (tertiary/aromatic N) is 9. The van der Waals surface area contributed by atoms with E-state index in [2.05, 4.69) is 35.8 Å². The van der Waals surface area contributed by atoms with E-state index in [0.717, 1.165) is 52.5 Å². The molecule has 4 heterocycles. The first-order valence-corrected chi connectivity index (χ1v) is 19.5. The molecular weight excluding hydrogens is 809 g/mol. The molecule has 1 aliphatic heterocycles. The van der Waals surface area contributed by atoms with Gasteiger partial charge < -0.3 is 18.9 Å². The second kappa shape index (κ2) is 18.8. The summed E-state index contributed by atoms with van der Waals surface area (Å²) in [6, 6.07) is 2.42. The molecule has 6 rings (SSSR count). The van der Waals surface area contributed by atoms with Crippen LogP contribution >= 0.6 is 11.6 Å². The van der Waals surface area contributed by atoms with E-state index in [-0.39, 0.29) is 50.6 Å². The number of urea groups is 1. The molecule has 0 saturated carbocycles. The summed E-state index contributed by atoms with van der Waals surface area (Å²) in [4.78, 5) is 59.1. The highest BCUT2D eigenvalue weighted by molar-refractivity contribution is 7.90. The summed E-state index contributed by atoms with van der Waals surface area (Å²) in [5, 5.41) is 17.1. The lowest BCUT2D eigenvalue weighted by Gasteiger charge is -2.18. The van der Waals surface area contributed by atoms with Crippen LogP contribution in [0.5, 0.6) is 17.5 Å². The molecule has 4 aromatic rings. The number of carbonyl (C=O) groups is 4. The van der Waals surface area contributed by atoms with Crippen LogP contribution in [0, 0.1) is 5.82 Å². The molecule has 1 aliphatic carbocycles.